The van der Waals surface area contributed by atoms with Crippen molar-refractivity contribution in [3.8, 4) is 0 Å². The van der Waals surface area contributed by atoms with Crippen molar-refractivity contribution >= 4 is 18.2 Å². The minimum Gasteiger partial charge on any atom is -0.366 e. The first-order valence-electron chi connectivity index (χ1n) is 4.92. The molecule has 0 heterocycles. The summed E-state index contributed by atoms with van der Waals surface area (Å²) in [6.45, 7) is 0. The lowest BCUT2D eigenvalue weighted by Crippen LogP contribution is -2.31. The summed E-state index contributed by atoms with van der Waals surface area (Å²) < 4.78 is 5.21. The van der Waals surface area contributed by atoms with Gasteiger partial charge in [-0.2, -0.15) is 0 Å². The smallest absolute Gasteiger partial charge is 0.166 e. The average molecular weight is 244 g/mol. The summed E-state index contributed by atoms with van der Waals surface area (Å²) in [6, 6.07) is 9.28. The number of hydrogen-bond acceptors (Lipinski definition) is 3. The van der Waals surface area contributed by atoms with Gasteiger partial charge in [0.15, 0.2) is 5.78 Å². The summed E-state index contributed by atoms with van der Waals surface area (Å²) in [4.78, 5) is 13.7. The fourth-order valence-corrected chi connectivity index (χ4v) is 1.38. The largest absolute Gasteiger partial charge is 0.366 e. The Bertz CT molecular complexity index is 314. The van der Waals surface area contributed by atoms with Gasteiger partial charge < -0.3 is 4.74 Å². The first kappa shape index (κ1) is 15.1. The molecule has 90 valence electrons. The van der Waals surface area contributed by atoms with Gasteiger partial charge in [0.1, 0.15) is 6.23 Å². The summed E-state index contributed by atoms with van der Waals surface area (Å²) in [5.74, 6) is 0.108. The number of methoxy groups -OCH3 is 1. The van der Waals surface area contributed by atoms with Crippen molar-refractivity contribution in [1.82, 2.24) is 4.90 Å². The Labute approximate surface area is 103 Å². The Hall–Kier alpha value is -0.900. The van der Waals surface area contributed by atoms with E-state index in [4.69, 9.17) is 4.74 Å². The lowest BCUT2D eigenvalue weighted by Gasteiger charge is -2.21. The highest BCUT2D eigenvalue weighted by Gasteiger charge is 2.15. The molecule has 0 spiro atoms. The van der Waals surface area contributed by atoms with E-state index >= 15 is 0 Å². The van der Waals surface area contributed by atoms with E-state index in [1.54, 1.807) is 7.11 Å². The van der Waals surface area contributed by atoms with Gasteiger partial charge in [0.05, 0.1) is 6.42 Å². The minimum atomic E-state index is -0.155. The van der Waals surface area contributed by atoms with Crippen LogP contribution in [0.15, 0.2) is 30.3 Å². The van der Waals surface area contributed by atoms with E-state index in [0.29, 0.717) is 6.42 Å². The Morgan fingerprint density at radius 3 is 2.31 bits per heavy atom. The van der Waals surface area contributed by atoms with E-state index in [-0.39, 0.29) is 24.4 Å². The molecule has 0 saturated carbocycles. The molecule has 0 fully saturated rings. The quantitative estimate of drug-likeness (QED) is 0.587. The maximum atomic E-state index is 11.8. The second-order valence-electron chi connectivity index (χ2n) is 3.65. The van der Waals surface area contributed by atoms with Crippen molar-refractivity contribution in [2.45, 2.75) is 12.6 Å². The van der Waals surface area contributed by atoms with E-state index in [1.165, 1.54) is 0 Å². The van der Waals surface area contributed by atoms with E-state index in [2.05, 4.69) is 0 Å². The molecule has 1 unspecified atom stereocenters. The number of halogens is 1. The Morgan fingerprint density at radius 2 is 1.88 bits per heavy atom. The maximum absolute atomic E-state index is 11.8. The molecule has 0 aliphatic carbocycles. The van der Waals surface area contributed by atoms with E-state index in [9.17, 15) is 4.79 Å². The standard InChI is InChI=1S/C12H17NO2.ClH/c1-13(2)12(15-3)9-11(14)10-7-5-4-6-8-10;/h4-8,12H,9H2,1-3H3;1H. The van der Waals surface area contributed by atoms with Crippen molar-refractivity contribution in [1.29, 1.82) is 0 Å². The molecule has 1 rings (SSSR count). The maximum Gasteiger partial charge on any atom is 0.166 e. The number of ketones is 1. The van der Waals surface area contributed by atoms with Crippen molar-refractivity contribution in [3.05, 3.63) is 35.9 Å². The van der Waals surface area contributed by atoms with Gasteiger partial charge in [0.2, 0.25) is 0 Å². The fraction of sp³-hybridized carbons (Fsp3) is 0.417. The molecule has 0 aliphatic rings. The van der Waals surface area contributed by atoms with Crippen molar-refractivity contribution in [2.75, 3.05) is 21.2 Å². The number of rotatable bonds is 5. The highest BCUT2D eigenvalue weighted by molar-refractivity contribution is 5.96. The van der Waals surface area contributed by atoms with Gasteiger partial charge in [-0.15, -0.1) is 12.4 Å². The fourth-order valence-electron chi connectivity index (χ4n) is 1.38. The highest BCUT2D eigenvalue weighted by Crippen LogP contribution is 2.08. The summed E-state index contributed by atoms with van der Waals surface area (Å²) in [5, 5.41) is 0. The van der Waals surface area contributed by atoms with Gasteiger partial charge in [0.25, 0.3) is 0 Å². The topological polar surface area (TPSA) is 29.5 Å². The van der Waals surface area contributed by atoms with Crippen molar-refractivity contribution in [3.63, 3.8) is 0 Å². The van der Waals surface area contributed by atoms with Gasteiger partial charge >= 0.3 is 0 Å². The molecule has 4 heteroatoms. The normalized spacial score (nSPS) is 12.0. The number of carbonyl (C=O) groups excluding carboxylic acids is 1. The number of benzene rings is 1. The summed E-state index contributed by atoms with van der Waals surface area (Å²) in [6.07, 6.45) is 0.228. The van der Waals surface area contributed by atoms with Crippen molar-refractivity contribution in [2.24, 2.45) is 0 Å². The van der Waals surface area contributed by atoms with Crippen LogP contribution in [-0.2, 0) is 4.74 Å². The predicted octanol–water partition coefficient (Wildman–Crippen LogP) is 2.22. The third-order valence-electron chi connectivity index (χ3n) is 2.30. The molecule has 0 N–H and O–H groups in total. The molecular formula is C12H18ClNO2. The van der Waals surface area contributed by atoms with Crippen LogP contribution in [0.3, 0.4) is 0 Å². The lowest BCUT2D eigenvalue weighted by atomic mass is 10.1. The second-order valence-corrected chi connectivity index (χ2v) is 3.65. The van der Waals surface area contributed by atoms with E-state index in [1.807, 2.05) is 49.3 Å². The molecule has 0 radical (unpaired) electrons. The summed E-state index contributed by atoms with van der Waals surface area (Å²) in [7, 11) is 5.40. The molecule has 1 aromatic rings. The monoisotopic (exact) mass is 243 g/mol. The Balaban J connectivity index is 0.00000225. The number of ether oxygens (including phenoxy) is 1. The van der Waals surface area contributed by atoms with Gasteiger partial charge in [-0.25, -0.2) is 0 Å². The second kappa shape index (κ2) is 7.39. The molecule has 1 atom stereocenters. The van der Waals surface area contributed by atoms with Crippen LogP contribution in [0.1, 0.15) is 16.8 Å². The Morgan fingerprint density at radius 1 is 1.31 bits per heavy atom. The third-order valence-corrected chi connectivity index (χ3v) is 2.30. The molecule has 0 aromatic heterocycles. The van der Waals surface area contributed by atoms with Crippen LogP contribution in [0.25, 0.3) is 0 Å². The van der Waals surface area contributed by atoms with Crippen LogP contribution in [0, 0.1) is 0 Å². The number of carbonyl (C=O) groups is 1. The van der Waals surface area contributed by atoms with Crippen LogP contribution in [0.4, 0.5) is 0 Å². The molecule has 0 amide bonds. The van der Waals surface area contributed by atoms with E-state index in [0.717, 1.165) is 5.56 Å². The van der Waals surface area contributed by atoms with Crippen molar-refractivity contribution < 1.29 is 9.53 Å². The van der Waals surface area contributed by atoms with Crippen LogP contribution in [0.2, 0.25) is 0 Å². The summed E-state index contributed by atoms with van der Waals surface area (Å²) in [5.41, 5.74) is 0.737. The van der Waals surface area contributed by atoms with Gasteiger partial charge in [-0.3, -0.25) is 9.69 Å². The number of Topliss-reactive ketones (excluding diaryl/α,β-unsaturated/α-hetero) is 1. The molecule has 1 aromatic carbocycles. The minimum absolute atomic E-state index is 0. The Kier molecular flexibility index (Phi) is 6.97. The predicted molar refractivity (Wildman–Crippen MR) is 67.1 cm³/mol. The van der Waals surface area contributed by atoms with Crippen LogP contribution in [-0.4, -0.2) is 38.1 Å². The third kappa shape index (κ3) is 4.31. The SMILES string of the molecule is COC(CC(=O)c1ccccc1)N(C)C.Cl. The highest BCUT2D eigenvalue weighted by atomic mass is 35.5. The van der Waals surface area contributed by atoms with Crippen LogP contribution < -0.4 is 0 Å². The molecule has 0 aliphatic heterocycles. The zero-order chi connectivity index (χ0) is 11.3. The van der Waals surface area contributed by atoms with Gasteiger partial charge in [0, 0.05) is 12.7 Å². The van der Waals surface area contributed by atoms with Crippen LogP contribution in [0.5, 0.6) is 0 Å². The summed E-state index contributed by atoms with van der Waals surface area (Å²) >= 11 is 0. The van der Waals surface area contributed by atoms with Gasteiger partial charge in [-0.05, 0) is 14.1 Å². The first-order valence-corrected chi connectivity index (χ1v) is 4.92. The van der Waals surface area contributed by atoms with Gasteiger partial charge in [-0.1, -0.05) is 30.3 Å². The molecule has 16 heavy (non-hydrogen) atoms. The lowest BCUT2D eigenvalue weighted by molar-refractivity contribution is -0.00560. The number of hydrogen-bond donors (Lipinski definition) is 0. The number of nitrogens with zero attached hydrogens (tertiary/aromatic N) is 1. The zero-order valence-corrected chi connectivity index (χ0v) is 10.7. The molecular weight excluding hydrogens is 226 g/mol. The van der Waals surface area contributed by atoms with E-state index < -0.39 is 0 Å². The molecule has 3 nitrogen and oxygen atoms in total. The first-order chi connectivity index (χ1) is 7.15. The molecule has 0 bridgehead atoms. The zero-order valence-electron chi connectivity index (χ0n) is 9.84. The molecule has 0 saturated heterocycles. The average Bonchev–Trinajstić information content (AvgIpc) is 2.26. The van der Waals surface area contributed by atoms with Crippen LogP contribution >= 0.6 is 12.4 Å².